The minimum Gasteiger partial charge on any atom is -0.874 e. The summed E-state index contributed by atoms with van der Waals surface area (Å²) in [6, 6.07) is 7.03. The summed E-state index contributed by atoms with van der Waals surface area (Å²) < 4.78 is 0. The van der Waals surface area contributed by atoms with Gasteiger partial charge in [0, 0.05) is 5.56 Å². The third-order valence-electron chi connectivity index (χ3n) is 5.30. The van der Waals surface area contributed by atoms with Crippen LogP contribution < -0.4 is 10.2 Å². The Bertz CT molecular complexity index is 795. The van der Waals surface area contributed by atoms with E-state index in [-0.39, 0.29) is 5.76 Å². The first kappa shape index (κ1) is 22.0. The van der Waals surface area contributed by atoms with E-state index >= 15 is 0 Å². The highest BCUT2D eigenvalue weighted by molar-refractivity contribution is 5.81. The molecule has 0 radical (unpaired) electrons. The lowest BCUT2D eigenvalue weighted by Crippen LogP contribution is -2.39. The standard InChI is InChI=1S/C25H35NO2/c1-18(2)10-8-11-19(3)12-9-13-20(4)16-17-23-22-14-6-7-15-24(22)26(28)21(5)25(23)27/h6-7,10,12,14-16,21,27-28H,8-9,11,13,17H2,1-5H3/p-1. The highest BCUT2D eigenvalue weighted by Crippen LogP contribution is 2.37. The zero-order valence-corrected chi connectivity index (χ0v) is 18.0. The molecule has 1 unspecified atom stereocenters. The van der Waals surface area contributed by atoms with Crippen molar-refractivity contribution in [3.8, 4) is 0 Å². The van der Waals surface area contributed by atoms with Gasteiger partial charge in [-0.2, -0.15) is 0 Å². The van der Waals surface area contributed by atoms with Crippen LogP contribution >= 0.6 is 0 Å². The van der Waals surface area contributed by atoms with Crippen molar-refractivity contribution in [3.05, 3.63) is 70.5 Å². The number of allylic oxidation sites excluding steroid dienone is 7. The van der Waals surface area contributed by atoms with Gasteiger partial charge in [0.15, 0.2) is 0 Å². The monoisotopic (exact) mass is 380 g/mol. The van der Waals surface area contributed by atoms with E-state index < -0.39 is 6.04 Å². The van der Waals surface area contributed by atoms with Gasteiger partial charge < -0.3 is 5.11 Å². The first-order valence-corrected chi connectivity index (χ1v) is 10.2. The van der Waals surface area contributed by atoms with Crippen LogP contribution in [0, 0.1) is 0 Å². The summed E-state index contributed by atoms with van der Waals surface area (Å²) >= 11 is 0. The van der Waals surface area contributed by atoms with Crippen molar-refractivity contribution in [2.75, 3.05) is 5.06 Å². The number of nitrogens with zero attached hydrogens (tertiary/aromatic N) is 1. The van der Waals surface area contributed by atoms with Crippen LogP contribution in [0.5, 0.6) is 0 Å². The van der Waals surface area contributed by atoms with Crippen molar-refractivity contribution < 1.29 is 10.3 Å². The quantitative estimate of drug-likeness (QED) is 0.549. The average Bonchev–Trinajstić information content (AvgIpc) is 2.66. The fraction of sp³-hybridized carbons (Fsp3) is 0.440. The van der Waals surface area contributed by atoms with Gasteiger partial charge >= 0.3 is 0 Å². The Labute approximate surface area is 170 Å². The lowest BCUT2D eigenvalue weighted by atomic mass is 9.92. The molecule has 1 aliphatic heterocycles. The zero-order valence-electron chi connectivity index (χ0n) is 18.0. The molecule has 28 heavy (non-hydrogen) atoms. The molecule has 0 fully saturated rings. The molecule has 0 saturated heterocycles. The first-order valence-electron chi connectivity index (χ1n) is 10.2. The third kappa shape index (κ3) is 5.87. The second-order valence-corrected chi connectivity index (χ2v) is 8.04. The third-order valence-corrected chi connectivity index (χ3v) is 5.30. The van der Waals surface area contributed by atoms with Gasteiger partial charge in [-0.25, -0.2) is 0 Å². The van der Waals surface area contributed by atoms with Gasteiger partial charge in [-0.1, -0.05) is 53.1 Å². The molecule has 1 N–H and O–H groups in total. The lowest BCUT2D eigenvalue weighted by Gasteiger charge is -2.38. The summed E-state index contributed by atoms with van der Waals surface area (Å²) in [4.78, 5) is 0. The number of hydrogen-bond acceptors (Lipinski definition) is 3. The number of anilines is 1. The van der Waals surface area contributed by atoms with Crippen molar-refractivity contribution in [2.45, 2.75) is 72.8 Å². The summed E-state index contributed by atoms with van der Waals surface area (Å²) in [5.41, 5.74) is 6.46. The van der Waals surface area contributed by atoms with Crippen molar-refractivity contribution in [2.24, 2.45) is 0 Å². The van der Waals surface area contributed by atoms with Gasteiger partial charge in [-0.05, 0) is 78.4 Å². The van der Waals surface area contributed by atoms with Crippen LogP contribution in [0.15, 0.2) is 65.0 Å². The van der Waals surface area contributed by atoms with Crippen LogP contribution in [0.2, 0.25) is 0 Å². The normalized spacial score (nSPS) is 17.6. The molecule has 1 aromatic carbocycles. The van der Waals surface area contributed by atoms with Gasteiger partial charge in [0.1, 0.15) is 0 Å². The van der Waals surface area contributed by atoms with Crippen LogP contribution in [-0.4, -0.2) is 11.2 Å². The predicted octanol–water partition coefficient (Wildman–Crippen LogP) is 6.17. The molecule has 2 rings (SSSR count). The van der Waals surface area contributed by atoms with Gasteiger partial charge in [-0.15, -0.1) is 5.76 Å². The summed E-state index contributed by atoms with van der Waals surface area (Å²) in [6.07, 6.45) is 11.7. The molecule has 0 aromatic heterocycles. The smallest absolute Gasteiger partial charge is 0.0715 e. The fourth-order valence-electron chi connectivity index (χ4n) is 3.46. The Balaban J connectivity index is 1.98. The van der Waals surface area contributed by atoms with Crippen molar-refractivity contribution >= 4 is 11.3 Å². The molecule has 1 aliphatic rings. The molecule has 0 spiro atoms. The topological polar surface area (TPSA) is 46.5 Å². The average molecular weight is 381 g/mol. The number of para-hydroxylation sites is 1. The van der Waals surface area contributed by atoms with Crippen LogP contribution in [0.25, 0.3) is 5.57 Å². The Morgan fingerprint density at radius 1 is 1.00 bits per heavy atom. The van der Waals surface area contributed by atoms with Crippen LogP contribution in [0.4, 0.5) is 5.69 Å². The molecule has 3 heteroatoms. The fourth-order valence-corrected chi connectivity index (χ4v) is 3.46. The van der Waals surface area contributed by atoms with Gasteiger partial charge in [0.05, 0.1) is 11.7 Å². The SMILES string of the molecule is CC(C)=CCCC(C)=CCCC(C)=CCC1=C([O-])C(C)N(O)c2ccccc21. The van der Waals surface area contributed by atoms with E-state index in [0.717, 1.165) is 41.9 Å². The second-order valence-electron chi connectivity index (χ2n) is 8.04. The van der Waals surface area contributed by atoms with E-state index in [1.807, 2.05) is 24.3 Å². The number of rotatable bonds is 8. The Morgan fingerprint density at radius 3 is 2.29 bits per heavy atom. The predicted molar refractivity (Wildman–Crippen MR) is 117 cm³/mol. The van der Waals surface area contributed by atoms with Crippen LogP contribution in [0.1, 0.15) is 72.3 Å². The molecule has 0 amide bonds. The van der Waals surface area contributed by atoms with Gasteiger partial charge in [0.2, 0.25) is 0 Å². The van der Waals surface area contributed by atoms with Crippen LogP contribution in [0.3, 0.4) is 0 Å². The van der Waals surface area contributed by atoms with E-state index in [1.54, 1.807) is 6.92 Å². The molecule has 0 saturated carbocycles. The molecule has 3 nitrogen and oxygen atoms in total. The zero-order chi connectivity index (χ0) is 20.7. The summed E-state index contributed by atoms with van der Waals surface area (Å²) in [7, 11) is 0. The van der Waals surface area contributed by atoms with Gasteiger partial charge in [0.25, 0.3) is 0 Å². The molecule has 0 aliphatic carbocycles. The van der Waals surface area contributed by atoms with Crippen molar-refractivity contribution in [1.29, 1.82) is 0 Å². The first-order chi connectivity index (χ1) is 13.3. The number of hydroxylamine groups is 1. The summed E-state index contributed by atoms with van der Waals surface area (Å²) in [6.45, 7) is 10.4. The Kier molecular flexibility index (Phi) is 8.13. The summed E-state index contributed by atoms with van der Waals surface area (Å²) in [5.74, 6) is 0.000243. The highest BCUT2D eigenvalue weighted by atomic mass is 16.5. The van der Waals surface area contributed by atoms with E-state index in [0.29, 0.717) is 12.1 Å². The largest absolute Gasteiger partial charge is 0.874 e. The number of fused-ring (bicyclic) bond motifs is 1. The van der Waals surface area contributed by atoms with Gasteiger partial charge in [-0.3, -0.25) is 10.3 Å². The molecular formula is C25H34NO2-. The number of hydrogen-bond donors (Lipinski definition) is 1. The molecule has 1 atom stereocenters. The number of benzene rings is 1. The molecule has 152 valence electrons. The molecule has 1 heterocycles. The van der Waals surface area contributed by atoms with E-state index in [1.165, 1.54) is 16.7 Å². The summed E-state index contributed by atoms with van der Waals surface area (Å²) in [5, 5.41) is 24.0. The minimum atomic E-state index is -0.537. The van der Waals surface area contributed by atoms with E-state index in [9.17, 15) is 10.3 Å². The van der Waals surface area contributed by atoms with Crippen molar-refractivity contribution in [3.63, 3.8) is 0 Å². The maximum absolute atomic E-state index is 12.7. The van der Waals surface area contributed by atoms with E-state index in [2.05, 4.69) is 45.9 Å². The van der Waals surface area contributed by atoms with Crippen molar-refractivity contribution in [1.82, 2.24) is 0 Å². The second kappa shape index (κ2) is 10.3. The molecule has 1 aromatic rings. The molecular weight excluding hydrogens is 346 g/mol. The Hall–Kier alpha value is -2.26. The maximum Gasteiger partial charge on any atom is 0.0715 e. The lowest BCUT2D eigenvalue weighted by molar-refractivity contribution is -0.309. The van der Waals surface area contributed by atoms with Crippen LogP contribution in [-0.2, 0) is 0 Å². The highest BCUT2D eigenvalue weighted by Gasteiger charge is 2.23. The maximum atomic E-state index is 12.7. The molecule has 0 bridgehead atoms. The van der Waals surface area contributed by atoms with E-state index in [4.69, 9.17) is 0 Å². The Morgan fingerprint density at radius 2 is 1.61 bits per heavy atom. The minimum absolute atomic E-state index is 0.000243.